The van der Waals surface area contributed by atoms with Gasteiger partial charge in [0, 0.05) is 59.7 Å². The number of alkyl halides is 2. The summed E-state index contributed by atoms with van der Waals surface area (Å²) in [5.74, 6) is -3.83. The Balaban J connectivity index is 1.56. The van der Waals surface area contributed by atoms with Crippen LogP contribution in [0.1, 0.15) is 42.8 Å². The molecule has 2 aliphatic heterocycles. The summed E-state index contributed by atoms with van der Waals surface area (Å²) in [6, 6.07) is 2.09. The minimum absolute atomic E-state index is 0.0595. The normalized spacial score (nSPS) is 23.5. The first-order valence-electron chi connectivity index (χ1n) is 11.5. The number of carbonyl (C=O) groups excluding carboxylic acids is 1. The van der Waals surface area contributed by atoms with Crippen molar-refractivity contribution in [1.29, 1.82) is 0 Å². The molecule has 0 bridgehead atoms. The summed E-state index contributed by atoms with van der Waals surface area (Å²) < 4.78 is 73.9. The van der Waals surface area contributed by atoms with Crippen LogP contribution in [-0.4, -0.2) is 60.5 Å². The van der Waals surface area contributed by atoms with Gasteiger partial charge in [-0.1, -0.05) is 17.7 Å². The molecule has 1 aromatic heterocycles. The molecule has 5 rings (SSSR count). The Morgan fingerprint density at radius 2 is 2.11 bits per heavy atom. The molecule has 1 saturated heterocycles. The Kier molecular flexibility index (Phi) is 6.84. The van der Waals surface area contributed by atoms with Gasteiger partial charge in [0.1, 0.15) is 11.9 Å². The van der Waals surface area contributed by atoms with E-state index in [1.807, 2.05) is 0 Å². The first-order valence-corrected chi connectivity index (χ1v) is 14.3. The number of thiazole rings is 1. The largest absolute Gasteiger partial charge is 0.463 e. The van der Waals surface area contributed by atoms with E-state index in [9.17, 15) is 26.4 Å². The maximum Gasteiger partial charge on any atom is 0.338 e. The van der Waals surface area contributed by atoms with Gasteiger partial charge in [-0.2, -0.15) is 0 Å². The summed E-state index contributed by atoms with van der Waals surface area (Å²) in [5, 5.41) is 1.14. The summed E-state index contributed by atoms with van der Waals surface area (Å²) in [4.78, 5) is 24.0. The minimum Gasteiger partial charge on any atom is -0.463 e. The highest BCUT2D eigenvalue weighted by Crippen LogP contribution is 2.44. The van der Waals surface area contributed by atoms with Crippen LogP contribution in [0.3, 0.4) is 0 Å². The number of amidine groups is 1. The third-order valence-electron chi connectivity index (χ3n) is 6.46. The van der Waals surface area contributed by atoms with Crippen LogP contribution in [0.4, 0.5) is 13.2 Å². The lowest BCUT2D eigenvalue weighted by Gasteiger charge is -2.34. The molecule has 198 valence electrons. The zero-order valence-corrected chi connectivity index (χ0v) is 21.8. The summed E-state index contributed by atoms with van der Waals surface area (Å²) in [7, 11) is -4.03. The number of halogens is 4. The van der Waals surface area contributed by atoms with E-state index < -0.39 is 57.9 Å². The third-order valence-corrected chi connectivity index (χ3v) is 9.43. The minimum atomic E-state index is -4.03. The standard InChI is InChI=1S/C23H22ClF3N4O4S2/c1-2-35-22(32)18-17-8-13(30-37(33,34)14-9-23(26,27)10-14)11-31(17)20(21-28-5-6-36-21)29-19(18)15-4-3-12(25)7-16(15)24/h3-7,13-14,19,30H,2,8-11H2,1H3/t13-,19-/m0/s1. The molecule has 1 aromatic carbocycles. The van der Waals surface area contributed by atoms with Crippen molar-refractivity contribution in [2.75, 3.05) is 13.2 Å². The molecule has 8 nitrogen and oxygen atoms in total. The second-order valence-corrected chi connectivity index (χ2v) is 12.3. The van der Waals surface area contributed by atoms with Crippen LogP contribution in [-0.2, 0) is 19.6 Å². The van der Waals surface area contributed by atoms with Gasteiger partial charge in [-0.25, -0.2) is 36.1 Å². The maximum absolute atomic E-state index is 13.8. The molecule has 0 amide bonds. The van der Waals surface area contributed by atoms with Crippen molar-refractivity contribution in [2.24, 2.45) is 4.99 Å². The highest BCUT2D eigenvalue weighted by Gasteiger charge is 2.52. The van der Waals surface area contributed by atoms with E-state index in [4.69, 9.17) is 21.3 Å². The molecule has 0 spiro atoms. The highest BCUT2D eigenvalue weighted by molar-refractivity contribution is 7.90. The summed E-state index contributed by atoms with van der Waals surface area (Å²) in [5.41, 5.74) is 0.969. The molecule has 3 heterocycles. The Bertz CT molecular complexity index is 1390. The van der Waals surface area contributed by atoms with Gasteiger partial charge >= 0.3 is 5.97 Å². The van der Waals surface area contributed by atoms with Gasteiger partial charge < -0.3 is 9.64 Å². The molecule has 1 aliphatic carbocycles. The molecule has 0 radical (unpaired) electrons. The number of esters is 1. The number of aromatic nitrogens is 1. The Hall–Kier alpha value is -2.48. The van der Waals surface area contributed by atoms with Gasteiger partial charge in [0.25, 0.3) is 5.92 Å². The fourth-order valence-corrected chi connectivity index (χ4v) is 7.40. The van der Waals surface area contributed by atoms with Crippen molar-refractivity contribution in [3.63, 3.8) is 0 Å². The number of aliphatic imine (C=N–C) groups is 1. The van der Waals surface area contributed by atoms with Crippen molar-refractivity contribution < 1.29 is 31.1 Å². The first-order chi connectivity index (χ1) is 17.5. The zero-order valence-electron chi connectivity index (χ0n) is 19.5. The smallest absolute Gasteiger partial charge is 0.338 e. The van der Waals surface area contributed by atoms with Gasteiger partial charge in [0.2, 0.25) is 10.0 Å². The van der Waals surface area contributed by atoms with Crippen molar-refractivity contribution in [2.45, 2.75) is 49.4 Å². The number of fused-ring (bicyclic) bond motifs is 1. The van der Waals surface area contributed by atoms with Crippen LogP contribution in [0.2, 0.25) is 5.02 Å². The van der Waals surface area contributed by atoms with E-state index in [-0.39, 0.29) is 30.2 Å². The van der Waals surface area contributed by atoms with E-state index in [2.05, 4.69) is 9.71 Å². The topological polar surface area (TPSA) is 101 Å². The van der Waals surface area contributed by atoms with Crippen LogP contribution in [0.5, 0.6) is 0 Å². The number of rotatable bonds is 7. The molecule has 2 atom stereocenters. The van der Waals surface area contributed by atoms with Gasteiger partial charge in [0.05, 0.1) is 17.4 Å². The number of carbonyl (C=O) groups is 1. The number of nitrogens with one attached hydrogen (secondary N) is 1. The second-order valence-electron chi connectivity index (χ2n) is 9.00. The lowest BCUT2D eigenvalue weighted by Crippen LogP contribution is -2.51. The molecule has 0 unspecified atom stereocenters. The summed E-state index contributed by atoms with van der Waals surface area (Å²) in [6.07, 6.45) is 0.203. The van der Waals surface area contributed by atoms with Crippen LogP contribution in [0, 0.1) is 5.82 Å². The van der Waals surface area contributed by atoms with Crippen molar-refractivity contribution in [3.05, 3.63) is 62.5 Å². The number of benzene rings is 1. The SMILES string of the molecule is CCOC(=O)C1=C2C[C@H](NS(=O)(=O)C3CC(F)(F)C3)CN2C(c2nccs2)=N[C@H]1c1ccc(F)cc1Cl. The zero-order chi connectivity index (χ0) is 26.5. The monoisotopic (exact) mass is 574 g/mol. The fraction of sp³-hybridized carbons (Fsp3) is 0.435. The van der Waals surface area contributed by atoms with Gasteiger partial charge in [-0.05, 0) is 19.1 Å². The molecule has 2 fully saturated rings. The molecule has 1 saturated carbocycles. The molecular weight excluding hydrogens is 553 g/mol. The summed E-state index contributed by atoms with van der Waals surface area (Å²) >= 11 is 7.65. The number of sulfonamides is 1. The highest BCUT2D eigenvalue weighted by atomic mass is 35.5. The van der Waals surface area contributed by atoms with Crippen molar-refractivity contribution in [3.8, 4) is 0 Å². The quantitative estimate of drug-likeness (QED) is 0.501. The molecule has 3 aliphatic rings. The lowest BCUT2D eigenvalue weighted by molar-refractivity contribution is -0.139. The fourth-order valence-electron chi connectivity index (χ4n) is 4.75. The van der Waals surface area contributed by atoms with Crippen LogP contribution < -0.4 is 4.72 Å². The second kappa shape index (κ2) is 9.68. The van der Waals surface area contributed by atoms with E-state index in [0.717, 1.165) is 6.07 Å². The molecular formula is C23H22ClF3N4O4S2. The van der Waals surface area contributed by atoms with Crippen molar-refractivity contribution >= 4 is 44.8 Å². The first kappa shape index (κ1) is 26.1. The third kappa shape index (κ3) is 5.01. The molecule has 14 heteroatoms. The Morgan fingerprint density at radius 1 is 1.35 bits per heavy atom. The van der Waals surface area contributed by atoms with Gasteiger partial charge in [-0.3, -0.25) is 4.99 Å². The van der Waals surface area contributed by atoms with E-state index >= 15 is 0 Å². The average Bonchev–Trinajstić information content (AvgIpc) is 3.46. The van der Waals surface area contributed by atoms with Crippen LogP contribution in [0.15, 0.2) is 46.0 Å². The lowest BCUT2D eigenvalue weighted by atomic mass is 9.94. The maximum atomic E-state index is 13.8. The van der Waals surface area contributed by atoms with Crippen molar-refractivity contribution in [1.82, 2.24) is 14.6 Å². The molecule has 37 heavy (non-hydrogen) atoms. The van der Waals surface area contributed by atoms with Gasteiger partial charge in [0.15, 0.2) is 10.8 Å². The predicted octanol–water partition coefficient (Wildman–Crippen LogP) is 4.05. The predicted molar refractivity (Wildman–Crippen MR) is 132 cm³/mol. The van der Waals surface area contributed by atoms with E-state index in [1.54, 1.807) is 23.4 Å². The average molecular weight is 575 g/mol. The van der Waals surface area contributed by atoms with E-state index in [1.165, 1.54) is 23.5 Å². The Morgan fingerprint density at radius 3 is 2.73 bits per heavy atom. The number of hydrogen-bond acceptors (Lipinski definition) is 8. The number of nitrogens with zero attached hydrogens (tertiary/aromatic N) is 3. The number of hydrogen-bond donors (Lipinski definition) is 1. The Labute approximate surface area is 220 Å². The van der Waals surface area contributed by atoms with Crippen LogP contribution in [0.25, 0.3) is 0 Å². The van der Waals surface area contributed by atoms with E-state index in [0.29, 0.717) is 22.1 Å². The summed E-state index contributed by atoms with van der Waals surface area (Å²) in [6.45, 7) is 1.82. The number of ether oxygens (including phenoxy) is 1. The molecule has 1 N–H and O–H groups in total. The van der Waals surface area contributed by atoms with Crippen LogP contribution >= 0.6 is 22.9 Å². The van der Waals surface area contributed by atoms with Gasteiger partial charge in [-0.15, -0.1) is 11.3 Å². The molecule has 2 aromatic rings.